The third-order valence-electron chi connectivity index (χ3n) is 3.72. The third-order valence-corrected chi connectivity index (χ3v) is 3.72. The first-order valence-corrected chi connectivity index (χ1v) is 5.74. The van der Waals surface area contributed by atoms with Crippen molar-refractivity contribution in [2.75, 3.05) is 11.1 Å². The van der Waals surface area contributed by atoms with Crippen LogP contribution in [0.5, 0.6) is 0 Å². The van der Waals surface area contributed by atoms with Gasteiger partial charge in [0.2, 0.25) is 5.91 Å². The SMILES string of the molecule is Nc1cnccc1NC(=O)C1CC2CC2C1. The van der Waals surface area contributed by atoms with Gasteiger partial charge in [0, 0.05) is 12.1 Å². The molecule has 4 heteroatoms. The van der Waals surface area contributed by atoms with Gasteiger partial charge in [0.15, 0.2) is 0 Å². The summed E-state index contributed by atoms with van der Waals surface area (Å²) in [6, 6.07) is 1.74. The van der Waals surface area contributed by atoms with Crippen molar-refractivity contribution in [2.45, 2.75) is 19.3 Å². The molecule has 2 unspecified atom stereocenters. The van der Waals surface area contributed by atoms with Crippen molar-refractivity contribution in [2.24, 2.45) is 17.8 Å². The molecule has 1 aromatic rings. The number of carbonyl (C=O) groups excluding carboxylic acids is 1. The first kappa shape index (κ1) is 9.63. The molecule has 0 spiro atoms. The lowest BCUT2D eigenvalue weighted by Gasteiger charge is -2.13. The number of nitrogens with two attached hydrogens (primary N) is 1. The summed E-state index contributed by atoms with van der Waals surface area (Å²) in [5, 5.41) is 2.89. The van der Waals surface area contributed by atoms with Gasteiger partial charge in [-0.3, -0.25) is 9.78 Å². The molecule has 2 fully saturated rings. The minimum Gasteiger partial charge on any atom is -0.396 e. The van der Waals surface area contributed by atoms with Crippen LogP contribution in [0.15, 0.2) is 18.5 Å². The highest BCUT2D eigenvalue weighted by Crippen LogP contribution is 2.54. The van der Waals surface area contributed by atoms with Crippen molar-refractivity contribution < 1.29 is 4.79 Å². The quantitative estimate of drug-likeness (QED) is 0.791. The van der Waals surface area contributed by atoms with E-state index in [1.807, 2.05) is 0 Å². The van der Waals surface area contributed by atoms with Gasteiger partial charge in [-0.2, -0.15) is 0 Å². The minimum atomic E-state index is 0.116. The number of fused-ring (bicyclic) bond motifs is 1. The lowest BCUT2D eigenvalue weighted by atomic mass is 10.0. The van der Waals surface area contributed by atoms with Gasteiger partial charge in [-0.25, -0.2) is 0 Å². The van der Waals surface area contributed by atoms with Crippen LogP contribution in [0.25, 0.3) is 0 Å². The van der Waals surface area contributed by atoms with Crippen LogP contribution in [0.1, 0.15) is 19.3 Å². The fourth-order valence-electron chi connectivity index (χ4n) is 2.68. The maximum atomic E-state index is 11.9. The Morgan fingerprint density at radius 2 is 2.12 bits per heavy atom. The summed E-state index contributed by atoms with van der Waals surface area (Å²) in [4.78, 5) is 15.8. The fraction of sp³-hybridized carbons (Fsp3) is 0.500. The van der Waals surface area contributed by atoms with E-state index >= 15 is 0 Å². The zero-order valence-electron chi connectivity index (χ0n) is 9.02. The summed E-state index contributed by atoms with van der Waals surface area (Å²) >= 11 is 0. The highest BCUT2D eigenvalue weighted by Gasteiger charge is 2.47. The van der Waals surface area contributed by atoms with Crippen molar-refractivity contribution in [3.05, 3.63) is 18.5 Å². The zero-order valence-corrected chi connectivity index (χ0v) is 9.02. The second-order valence-electron chi connectivity index (χ2n) is 4.88. The van der Waals surface area contributed by atoms with E-state index in [1.54, 1.807) is 18.5 Å². The predicted octanol–water partition coefficient (Wildman–Crippen LogP) is 1.65. The second kappa shape index (κ2) is 3.47. The zero-order chi connectivity index (χ0) is 11.1. The molecule has 16 heavy (non-hydrogen) atoms. The highest BCUT2D eigenvalue weighted by atomic mass is 16.1. The van der Waals surface area contributed by atoms with Gasteiger partial charge in [-0.1, -0.05) is 0 Å². The van der Waals surface area contributed by atoms with Gasteiger partial charge >= 0.3 is 0 Å². The Kier molecular flexibility index (Phi) is 2.09. The fourth-order valence-corrected chi connectivity index (χ4v) is 2.68. The molecule has 2 saturated carbocycles. The summed E-state index contributed by atoms with van der Waals surface area (Å²) in [5.74, 6) is 1.96. The number of nitrogens with zero attached hydrogens (tertiary/aromatic N) is 1. The maximum Gasteiger partial charge on any atom is 0.227 e. The summed E-state index contributed by atoms with van der Waals surface area (Å²) in [7, 11) is 0. The number of anilines is 2. The Hall–Kier alpha value is -1.58. The number of nitrogen functional groups attached to an aromatic ring is 1. The van der Waals surface area contributed by atoms with E-state index in [4.69, 9.17) is 5.73 Å². The molecule has 0 aromatic carbocycles. The molecular weight excluding hydrogens is 202 g/mol. The van der Waals surface area contributed by atoms with Crippen LogP contribution >= 0.6 is 0 Å². The van der Waals surface area contributed by atoms with Gasteiger partial charge in [-0.05, 0) is 37.2 Å². The van der Waals surface area contributed by atoms with E-state index in [0.717, 1.165) is 24.7 Å². The second-order valence-corrected chi connectivity index (χ2v) is 4.88. The molecule has 0 radical (unpaired) electrons. The molecule has 1 heterocycles. The Morgan fingerprint density at radius 1 is 1.38 bits per heavy atom. The van der Waals surface area contributed by atoms with Crippen molar-refractivity contribution in [3.63, 3.8) is 0 Å². The molecule has 2 aliphatic rings. The van der Waals surface area contributed by atoms with Crippen LogP contribution in [0.3, 0.4) is 0 Å². The van der Waals surface area contributed by atoms with Gasteiger partial charge in [0.05, 0.1) is 17.6 Å². The van der Waals surface area contributed by atoms with E-state index in [2.05, 4.69) is 10.3 Å². The summed E-state index contributed by atoms with van der Waals surface area (Å²) in [5.41, 5.74) is 6.93. The van der Waals surface area contributed by atoms with Crippen LogP contribution < -0.4 is 11.1 Å². The van der Waals surface area contributed by atoms with Crippen LogP contribution in [-0.4, -0.2) is 10.9 Å². The van der Waals surface area contributed by atoms with E-state index in [1.165, 1.54) is 6.42 Å². The molecule has 1 amide bonds. The molecule has 3 rings (SSSR count). The molecule has 0 aliphatic heterocycles. The molecule has 4 nitrogen and oxygen atoms in total. The van der Waals surface area contributed by atoms with Crippen LogP contribution in [0.4, 0.5) is 11.4 Å². The average molecular weight is 217 g/mol. The van der Waals surface area contributed by atoms with Gasteiger partial charge in [0.1, 0.15) is 0 Å². The Morgan fingerprint density at radius 3 is 2.81 bits per heavy atom. The standard InChI is InChI=1S/C12H15N3O/c13-10-6-14-2-1-11(10)15-12(16)9-4-7-3-8(7)5-9/h1-2,6-9H,3-5,13H2,(H,14,15,16). The number of amides is 1. The molecular formula is C12H15N3O. The van der Waals surface area contributed by atoms with Crippen molar-refractivity contribution in [1.29, 1.82) is 0 Å². The Balaban J connectivity index is 1.66. The van der Waals surface area contributed by atoms with Crippen LogP contribution in [0, 0.1) is 17.8 Å². The maximum absolute atomic E-state index is 11.9. The van der Waals surface area contributed by atoms with E-state index in [0.29, 0.717) is 11.4 Å². The molecule has 84 valence electrons. The first-order valence-electron chi connectivity index (χ1n) is 5.74. The predicted molar refractivity (Wildman–Crippen MR) is 61.6 cm³/mol. The lowest BCUT2D eigenvalue weighted by Crippen LogP contribution is -2.22. The monoisotopic (exact) mass is 217 g/mol. The Labute approximate surface area is 94.2 Å². The molecule has 0 bridgehead atoms. The van der Waals surface area contributed by atoms with Crippen LogP contribution in [0.2, 0.25) is 0 Å². The molecule has 1 aromatic heterocycles. The molecule has 3 N–H and O–H groups in total. The van der Waals surface area contributed by atoms with Gasteiger partial charge in [-0.15, -0.1) is 0 Å². The van der Waals surface area contributed by atoms with E-state index < -0.39 is 0 Å². The number of rotatable bonds is 2. The number of pyridine rings is 1. The third kappa shape index (κ3) is 1.64. The normalized spacial score (nSPS) is 30.9. The molecule has 2 aliphatic carbocycles. The summed E-state index contributed by atoms with van der Waals surface area (Å²) in [6.07, 6.45) is 6.64. The lowest BCUT2D eigenvalue weighted by molar-refractivity contribution is -0.119. The smallest absolute Gasteiger partial charge is 0.227 e. The topological polar surface area (TPSA) is 68.0 Å². The van der Waals surface area contributed by atoms with Crippen molar-refractivity contribution in [1.82, 2.24) is 4.98 Å². The minimum absolute atomic E-state index is 0.116. The van der Waals surface area contributed by atoms with E-state index in [-0.39, 0.29) is 11.8 Å². The van der Waals surface area contributed by atoms with Crippen molar-refractivity contribution in [3.8, 4) is 0 Å². The average Bonchev–Trinajstić information content (AvgIpc) is 2.89. The van der Waals surface area contributed by atoms with Crippen LogP contribution in [-0.2, 0) is 4.79 Å². The van der Waals surface area contributed by atoms with Gasteiger partial charge in [0.25, 0.3) is 0 Å². The summed E-state index contributed by atoms with van der Waals surface area (Å²) in [6.45, 7) is 0. The number of hydrogen-bond donors (Lipinski definition) is 2. The highest BCUT2D eigenvalue weighted by molar-refractivity contribution is 5.95. The van der Waals surface area contributed by atoms with Gasteiger partial charge < -0.3 is 11.1 Å². The number of carbonyl (C=O) groups is 1. The molecule has 2 atom stereocenters. The Bertz CT molecular complexity index is 422. The number of hydrogen-bond acceptors (Lipinski definition) is 3. The number of nitrogens with one attached hydrogen (secondary N) is 1. The summed E-state index contributed by atoms with van der Waals surface area (Å²) < 4.78 is 0. The number of aromatic nitrogens is 1. The largest absolute Gasteiger partial charge is 0.396 e. The van der Waals surface area contributed by atoms with Crippen molar-refractivity contribution >= 4 is 17.3 Å². The molecule has 0 saturated heterocycles. The first-order chi connectivity index (χ1) is 7.74. The van der Waals surface area contributed by atoms with E-state index in [9.17, 15) is 4.79 Å².